The van der Waals surface area contributed by atoms with Gasteiger partial charge in [0.2, 0.25) is 0 Å². The normalized spacial score (nSPS) is 15.0. The second-order valence-corrected chi connectivity index (χ2v) is 5.97. The van der Waals surface area contributed by atoms with Gasteiger partial charge < -0.3 is 14.2 Å². The molecule has 5 heteroatoms. The van der Waals surface area contributed by atoms with Crippen LogP contribution in [-0.2, 0) is 16.0 Å². The maximum absolute atomic E-state index is 12.1. The summed E-state index contributed by atoms with van der Waals surface area (Å²) in [6.07, 6.45) is 3.05. The largest absolute Gasteiger partial charge is 0.493 e. The van der Waals surface area contributed by atoms with Crippen LogP contribution in [0.25, 0.3) is 6.08 Å². The van der Waals surface area contributed by atoms with E-state index >= 15 is 0 Å². The Kier molecular flexibility index (Phi) is 5.37. The molecule has 0 bridgehead atoms. The molecule has 0 aliphatic carbocycles. The van der Waals surface area contributed by atoms with Crippen LogP contribution in [0.15, 0.2) is 53.2 Å². The third-order valence-corrected chi connectivity index (χ3v) is 4.25. The van der Waals surface area contributed by atoms with Gasteiger partial charge in [-0.2, -0.15) is 0 Å². The van der Waals surface area contributed by atoms with Crippen LogP contribution in [0.5, 0.6) is 11.5 Å². The topological polar surface area (TPSA) is 57.1 Å². The molecular formula is C21H21NO4. The molecule has 0 aromatic heterocycles. The highest BCUT2D eigenvalue weighted by atomic mass is 16.6. The molecule has 5 nitrogen and oxygen atoms in total. The Hall–Kier alpha value is -3.08. The lowest BCUT2D eigenvalue weighted by Gasteiger charge is -2.07. The first kappa shape index (κ1) is 17.7. The summed E-state index contributed by atoms with van der Waals surface area (Å²) in [5.74, 6) is 1.24. The molecule has 2 aromatic carbocycles. The van der Waals surface area contributed by atoms with Gasteiger partial charge in [0.25, 0.3) is 0 Å². The summed E-state index contributed by atoms with van der Waals surface area (Å²) in [5.41, 5.74) is 3.53. The zero-order valence-electron chi connectivity index (χ0n) is 15.1. The fourth-order valence-corrected chi connectivity index (χ4v) is 2.79. The van der Waals surface area contributed by atoms with Crippen LogP contribution in [0.4, 0.5) is 0 Å². The molecule has 0 spiro atoms. The lowest BCUT2D eigenvalue weighted by Crippen LogP contribution is -2.05. The van der Waals surface area contributed by atoms with Crippen LogP contribution in [-0.4, -0.2) is 26.1 Å². The summed E-state index contributed by atoms with van der Waals surface area (Å²) in [6.45, 7) is 2.07. The van der Waals surface area contributed by atoms with E-state index in [4.69, 9.17) is 14.2 Å². The predicted molar refractivity (Wildman–Crippen MR) is 101 cm³/mol. The van der Waals surface area contributed by atoms with E-state index in [1.54, 1.807) is 32.4 Å². The van der Waals surface area contributed by atoms with Crippen molar-refractivity contribution in [3.8, 4) is 11.5 Å². The Morgan fingerprint density at radius 1 is 1.04 bits per heavy atom. The van der Waals surface area contributed by atoms with Gasteiger partial charge >= 0.3 is 5.97 Å². The van der Waals surface area contributed by atoms with Crippen LogP contribution in [0.3, 0.4) is 0 Å². The molecule has 0 radical (unpaired) electrons. The Morgan fingerprint density at radius 3 is 2.54 bits per heavy atom. The number of hydrogen-bond acceptors (Lipinski definition) is 5. The van der Waals surface area contributed by atoms with Crippen molar-refractivity contribution < 1.29 is 19.0 Å². The molecule has 2 aromatic rings. The van der Waals surface area contributed by atoms with Gasteiger partial charge in [0, 0.05) is 6.42 Å². The number of aliphatic imine (C=N–C) groups is 1. The van der Waals surface area contributed by atoms with Crippen molar-refractivity contribution in [1.82, 2.24) is 0 Å². The highest BCUT2D eigenvalue weighted by molar-refractivity contribution is 6.07. The first-order valence-electron chi connectivity index (χ1n) is 8.38. The van der Waals surface area contributed by atoms with Crippen molar-refractivity contribution in [2.75, 3.05) is 14.2 Å². The summed E-state index contributed by atoms with van der Waals surface area (Å²) >= 11 is 0. The number of hydrogen-bond donors (Lipinski definition) is 0. The maximum atomic E-state index is 12.1. The minimum Gasteiger partial charge on any atom is -0.493 e. The van der Waals surface area contributed by atoms with Gasteiger partial charge in [0.05, 0.1) is 14.2 Å². The number of rotatable bonds is 6. The molecule has 0 saturated heterocycles. The van der Waals surface area contributed by atoms with Crippen LogP contribution in [0.2, 0.25) is 0 Å². The van der Waals surface area contributed by atoms with Crippen molar-refractivity contribution in [2.45, 2.75) is 19.8 Å². The highest BCUT2D eigenvalue weighted by Crippen LogP contribution is 2.29. The number of carbonyl (C=O) groups excluding carboxylic acids is 1. The van der Waals surface area contributed by atoms with E-state index in [2.05, 4.69) is 24.0 Å². The van der Waals surface area contributed by atoms with Gasteiger partial charge in [-0.05, 0) is 48.2 Å². The number of cyclic esters (lactones) is 1. The molecule has 0 amide bonds. The number of methoxy groups -OCH3 is 2. The van der Waals surface area contributed by atoms with Gasteiger partial charge in [-0.3, -0.25) is 0 Å². The molecule has 0 fully saturated rings. The molecule has 0 unspecified atom stereocenters. The molecule has 1 aliphatic heterocycles. The van der Waals surface area contributed by atoms with E-state index in [1.807, 2.05) is 18.2 Å². The third kappa shape index (κ3) is 3.94. The third-order valence-electron chi connectivity index (χ3n) is 4.25. The Labute approximate surface area is 152 Å². The van der Waals surface area contributed by atoms with E-state index in [0.29, 0.717) is 23.8 Å². The number of carbonyl (C=O) groups is 1. The van der Waals surface area contributed by atoms with Crippen LogP contribution < -0.4 is 9.47 Å². The summed E-state index contributed by atoms with van der Waals surface area (Å²) in [7, 11) is 3.15. The fraction of sp³-hybridized carbons (Fsp3) is 0.238. The Balaban J connectivity index is 1.75. The van der Waals surface area contributed by atoms with Crippen molar-refractivity contribution in [2.24, 2.45) is 4.99 Å². The molecule has 0 atom stereocenters. The molecule has 0 saturated carbocycles. The second-order valence-electron chi connectivity index (χ2n) is 5.97. The zero-order valence-corrected chi connectivity index (χ0v) is 15.1. The van der Waals surface area contributed by atoms with Crippen molar-refractivity contribution in [3.63, 3.8) is 0 Å². The quantitative estimate of drug-likeness (QED) is 0.584. The monoisotopic (exact) mass is 351 g/mol. The minimum atomic E-state index is -0.431. The summed E-state index contributed by atoms with van der Waals surface area (Å²) in [6, 6.07) is 13.6. The predicted octanol–water partition coefficient (Wildman–Crippen LogP) is 3.94. The van der Waals surface area contributed by atoms with Crippen LogP contribution in [0.1, 0.15) is 23.1 Å². The average molecular weight is 351 g/mol. The first-order valence-corrected chi connectivity index (χ1v) is 8.38. The van der Waals surface area contributed by atoms with Crippen LogP contribution >= 0.6 is 0 Å². The van der Waals surface area contributed by atoms with E-state index < -0.39 is 5.97 Å². The van der Waals surface area contributed by atoms with Gasteiger partial charge in [-0.15, -0.1) is 0 Å². The molecule has 1 heterocycles. The van der Waals surface area contributed by atoms with Gasteiger partial charge in [-0.1, -0.05) is 30.3 Å². The molecule has 3 rings (SSSR count). The van der Waals surface area contributed by atoms with Crippen molar-refractivity contribution >= 4 is 17.9 Å². The van der Waals surface area contributed by atoms with Crippen molar-refractivity contribution in [3.05, 3.63) is 64.9 Å². The van der Waals surface area contributed by atoms with Gasteiger partial charge in [-0.25, -0.2) is 9.79 Å². The van der Waals surface area contributed by atoms with Gasteiger partial charge in [0.1, 0.15) is 0 Å². The molecular weight excluding hydrogens is 330 g/mol. The number of esters is 1. The smallest absolute Gasteiger partial charge is 0.363 e. The fourth-order valence-electron chi connectivity index (χ4n) is 2.79. The van der Waals surface area contributed by atoms with Gasteiger partial charge in [0.15, 0.2) is 23.1 Å². The number of ether oxygens (including phenoxy) is 3. The number of nitrogens with zero attached hydrogens (tertiary/aromatic N) is 1. The summed E-state index contributed by atoms with van der Waals surface area (Å²) < 4.78 is 15.8. The Morgan fingerprint density at radius 2 is 1.81 bits per heavy atom. The average Bonchev–Trinajstić information content (AvgIpc) is 3.00. The molecule has 0 N–H and O–H groups in total. The lowest BCUT2D eigenvalue weighted by atomic mass is 10.0. The SMILES string of the molecule is COc1ccc(/C=C2/N=C(CCc3ccccc3C)OC2=O)cc1OC. The van der Waals surface area contributed by atoms with Crippen LogP contribution in [0, 0.1) is 6.92 Å². The number of benzene rings is 2. The second kappa shape index (κ2) is 7.87. The van der Waals surface area contributed by atoms with E-state index in [-0.39, 0.29) is 5.70 Å². The molecule has 134 valence electrons. The highest BCUT2D eigenvalue weighted by Gasteiger charge is 2.22. The minimum absolute atomic E-state index is 0.289. The summed E-state index contributed by atoms with van der Waals surface area (Å²) in [5, 5.41) is 0. The van der Waals surface area contributed by atoms with Crippen molar-refractivity contribution in [1.29, 1.82) is 0 Å². The maximum Gasteiger partial charge on any atom is 0.363 e. The Bertz CT molecular complexity index is 883. The lowest BCUT2D eigenvalue weighted by molar-refractivity contribution is -0.130. The number of aryl methyl sites for hydroxylation is 2. The van der Waals surface area contributed by atoms with E-state index in [0.717, 1.165) is 12.0 Å². The van der Waals surface area contributed by atoms with E-state index in [9.17, 15) is 4.79 Å². The standard InChI is InChI=1S/C21H21NO4/c1-14-6-4-5-7-16(14)9-11-20-22-17(21(23)26-20)12-15-8-10-18(24-2)19(13-15)25-3/h4-8,10,12-13H,9,11H2,1-3H3/b17-12+. The van der Waals surface area contributed by atoms with E-state index in [1.165, 1.54) is 11.1 Å². The molecule has 26 heavy (non-hydrogen) atoms. The molecule has 1 aliphatic rings. The summed E-state index contributed by atoms with van der Waals surface area (Å²) in [4.78, 5) is 16.4. The first-order chi connectivity index (χ1) is 12.6. The zero-order chi connectivity index (χ0) is 18.5.